The Balaban J connectivity index is 1.30. The summed E-state index contributed by atoms with van der Waals surface area (Å²) in [7, 11) is 0. The number of carbonyl (C=O) groups excluding carboxylic acids is 1. The molecule has 2 aromatic carbocycles. The zero-order valence-corrected chi connectivity index (χ0v) is 19.2. The third-order valence-electron chi connectivity index (χ3n) is 6.07. The van der Waals surface area contributed by atoms with Crippen LogP contribution in [0.1, 0.15) is 37.7 Å². The smallest absolute Gasteiger partial charge is 0.344 e. The maximum atomic E-state index is 12.9. The van der Waals surface area contributed by atoms with Crippen LogP contribution in [0.5, 0.6) is 17.2 Å². The van der Waals surface area contributed by atoms with Crippen LogP contribution in [-0.2, 0) is 9.53 Å². The molecule has 1 saturated carbocycles. The monoisotopic (exact) mass is 476 g/mol. The van der Waals surface area contributed by atoms with E-state index in [1.807, 2.05) is 6.92 Å². The number of aryl methyl sites for hydroxylation is 1. The molecule has 35 heavy (non-hydrogen) atoms. The van der Waals surface area contributed by atoms with Gasteiger partial charge < -0.3 is 23.0 Å². The molecule has 8 nitrogen and oxygen atoms in total. The van der Waals surface area contributed by atoms with Crippen LogP contribution in [0, 0.1) is 6.92 Å². The average molecular weight is 476 g/mol. The van der Waals surface area contributed by atoms with Gasteiger partial charge in [0.25, 0.3) is 0 Å². The Hall–Kier alpha value is -4.07. The van der Waals surface area contributed by atoms with Gasteiger partial charge in [-0.1, -0.05) is 6.42 Å². The minimum absolute atomic E-state index is 0.0171. The maximum absolute atomic E-state index is 12.9. The highest BCUT2D eigenvalue weighted by Gasteiger charge is 2.18. The lowest BCUT2D eigenvalue weighted by Gasteiger charge is -2.21. The molecule has 0 saturated heterocycles. The molecule has 0 atom stereocenters. The van der Waals surface area contributed by atoms with E-state index in [0.717, 1.165) is 36.6 Å². The topological polar surface area (TPSA) is 105 Å². The largest absolute Gasteiger partial charge is 0.482 e. The lowest BCUT2D eigenvalue weighted by molar-refractivity contribution is -0.152. The van der Waals surface area contributed by atoms with Crippen molar-refractivity contribution in [2.75, 3.05) is 6.61 Å². The SMILES string of the molecule is Cc1cc(=O)oc2cc(Oc3coc4cc(OCC(=O)OC5CCCCC5)ccc4c3=O)ccc12. The molecule has 1 aliphatic rings. The van der Waals surface area contributed by atoms with Gasteiger partial charge in [-0.25, -0.2) is 9.59 Å². The van der Waals surface area contributed by atoms with Gasteiger partial charge in [-0.2, -0.15) is 0 Å². The predicted molar refractivity (Wildman–Crippen MR) is 128 cm³/mol. The van der Waals surface area contributed by atoms with Crippen molar-refractivity contribution in [3.05, 3.63) is 74.9 Å². The molecular formula is C27H24O8. The molecule has 180 valence electrons. The molecule has 0 aliphatic heterocycles. The van der Waals surface area contributed by atoms with E-state index in [4.69, 9.17) is 23.0 Å². The summed E-state index contributed by atoms with van der Waals surface area (Å²) >= 11 is 0. The zero-order chi connectivity index (χ0) is 24.4. The summed E-state index contributed by atoms with van der Waals surface area (Å²) in [5, 5.41) is 1.07. The fraction of sp³-hybridized carbons (Fsp3) is 0.296. The highest BCUT2D eigenvalue weighted by atomic mass is 16.6. The van der Waals surface area contributed by atoms with Crippen molar-refractivity contribution in [2.45, 2.75) is 45.1 Å². The Morgan fingerprint density at radius 1 is 0.943 bits per heavy atom. The minimum Gasteiger partial charge on any atom is -0.482 e. The van der Waals surface area contributed by atoms with Gasteiger partial charge in [0.2, 0.25) is 11.2 Å². The number of esters is 1. The molecule has 5 rings (SSSR count). The molecule has 2 heterocycles. The molecular weight excluding hydrogens is 452 g/mol. The zero-order valence-electron chi connectivity index (χ0n) is 19.2. The van der Waals surface area contributed by atoms with E-state index in [1.54, 1.807) is 36.4 Å². The van der Waals surface area contributed by atoms with Crippen molar-refractivity contribution in [2.24, 2.45) is 0 Å². The summed E-state index contributed by atoms with van der Waals surface area (Å²) in [5.74, 6) is 0.282. The Morgan fingerprint density at radius 3 is 2.51 bits per heavy atom. The molecule has 8 heteroatoms. The fourth-order valence-corrected chi connectivity index (χ4v) is 4.29. The standard InChI is InChI=1S/C27H24O8/c1-16-11-25(28)35-23-13-19(8-9-20(16)23)33-24-14-32-22-12-18(7-10-21(22)27(24)30)31-15-26(29)34-17-5-3-2-4-6-17/h7-14,17H,2-6,15H2,1H3. The van der Waals surface area contributed by atoms with Crippen molar-refractivity contribution >= 4 is 27.9 Å². The highest BCUT2D eigenvalue weighted by molar-refractivity contribution is 5.82. The Morgan fingerprint density at radius 2 is 1.69 bits per heavy atom. The normalized spacial score (nSPS) is 14.2. The Bertz CT molecular complexity index is 1510. The number of benzene rings is 2. The summed E-state index contributed by atoms with van der Waals surface area (Å²) in [5.41, 5.74) is 0.605. The van der Waals surface area contributed by atoms with Crippen LogP contribution in [0.2, 0.25) is 0 Å². The highest BCUT2D eigenvalue weighted by Crippen LogP contribution is 2.27. The van der Waals surface area contributed by atoms with E-state index >= 15 is 0 Å². The van der Waals surface area contributed by atoms with E-state index in [9.17, 15) is 14.4 Å². The van der Waals surface area contributed by atoms with E-state index in [-0.39, 0.29) is 23.9 Å². The van der Waals surface area contributed by atoms with Crippen LogP contribution in [0.4, 0.5) is 0 Å². The second-order valence-electron chi connectivity index (χ2n) is 8.63. The number of hydrogen-bond acceptors (Lipinski definition) is 8. The molecule has 0 radical (unpaired) electrons. The van der Waals surface area contributed by atoms with E-state index < -0.39 is 11.6 Å². The number of fused-ring (bicyclic) bond motifs is 2. The lowest BCUT2D eigenvalue weighted by atomic mass is 9.98. The summed E-state index contributed by atoms with van der Waals surface area (Å²) in [6.45, 7) is 1.60. The number of hydrogen-bond donors (Lipinski definition) is 0. The third kappa shape index (κ3) is 5.06. The Kier molecular flexibility index (Phi) is 6.27. The molecule has 1 aliphatic carbocycles. The minimum atomic E-state index is -0.461. The van der Waals surface area contributed by atoms with Gasteiger partial charge in [0.1, 0.15) is 35.0 Å². The first kappa shape index (κ1) is 22.7. The van der Waals surface area contributed by atoms with Gasteiger partial charge >= 0.3 is 11.6 Å². The van der Waals surface area contributed by atoms with Crippen molar-refractivity contribution in [1.29, 1.82) is 0 Å². The maximum Gasteiger partial charge on any atom is 0.344 e. The van der Waals surface area contributed by atoms with Gasteiger partial charge in [0.15, 0.2) is 6.61 Å². The van der Waals surface area contributed by atoms with Crippen LogP contribution >= 0.6 is 0 Å². The molecule has 0 amide bonds. The summed E-state index contributed by atoms with van der Waals surface area (Å²) < 4.78 is 27.5. The fourth-order valence-electron chi connectivity index (χ4n) is 4.29. The van der Waals surface area contributed by atoms with Crippen molar-refractivity contribution in [3.63, 3.8) is 0 Å². The molecule has 4 aromatic rings. The van der Waals surface area contributed by atoms with Gasteiger partial charge in [-0.15, -0.1) is 0 Å². The van der Waals surface area contributed by atoms with Gasteiger partial charge in [-0.3, -0.25) is 4.79 Å². The van der Waals surface area contributed by atoms with E-state index in [1.165, 1.54) is 18.8 Å². The lowest BCUT2D eigenvalue weighted by Crippen LogP contribution is -2.24. The van der Waals surface area contributed by atoms with Gasteiger partial charge in [-0.05, 0) is 62.4 Å². The molecule has 0 unspecified atom stereocenters. The van der Waals surface area contributed by atoms with Crippen LogP contribution < -0.4 is 20.5 Å². The number of rotatable bonds is 6. The quantitative estimate of drug-likeness (QED) is 0.274. The number of carbonyl (C=O) groups is 1. The Labute approximate surface area is 200 Å². The third-order valence-corrected chi connectivity index (χ3v) is 6.07. The molecule has 0 bridgehead atoms. The predicted octanol–water partition coefficient (Wildman–Crippen LogP) is 5.25. The van der Waals surface area contributed by atoms with Crippen LogP contribution in [0.15, 0.2) is 67.2 Å². The summed E-state index contributed by atoms with van der Waals surface area (Å²) in [6.07, 6.45) is 6.29. The van der Waals surface area contributed by atoms with Gasteiger partial charge in [0, 0.05) is 23.6 Å². The number of ether oxygens (including phenoxy) is 3. The summed E-state index contributed by atoms with van der Waals surface area (Å²) in [6, 6.07) is 11.1. The first-order chi connectivity index (χ1) is 17.0. The van der Waals surface area contributed by atoms with Crippen LogP contribution in [0.3, 0.4) is 0 Å². The molecule has 0 spiro atoms. The van der Waals surface area contributed by atoms with E-state index in [0.29, 0.717) is 28.1 Å². The second-order valence-corrected chi connectivity index (χ2v) is 8.63. The van der Waals surface area contributed by atoms with Crippen LogP contribution in [0.25, 0.3) is 21.9 Å². The average Bonchev–Trinajstić information content (AvgIpc) is 2.85. The molecule has 0 N–H and O–H groups in total. The second kappa shape index (κ2) is 9.66. The molecule has 2 aromatic heterocycles. The van der Waals surface area contributed by atoms with Crippen molar-refractivity contribution < 1.29 is 27.8 Å². The van der Waals surface area contributed by atoms with E-state index in [2.05, 4.69) is 0 Å². The summed E-state index contributed by atoms with van der Waals surface area (Å²) in [4.78, 5) is 36.7. The first-order valence-corrected chi connectivity index (χ1v) is 11.6. The van der Waals surface area contributed by atoms with Crippen LogP contribution in [-0.4, -0.2) is 18.7 Å². The van der Waals surface area contributed by atoms with Crippen molar-refractivity contribution in [1.82, 2.24) is 0 Å². The van der Waals surface area contributed by atoms with Gasteiger partial charge in [0.05, 0.1) is 5.39 Å². The first-order valence-electron chi connectivity index (χ1n) is 11.6. The molecule has 1 fully saturated rings. The van der Waals surface area contributed by atoms with Crippen molar-refractivity contribution in [3.8, 4) is 17.2 Å².